The minimum Gasteiger partial charge on any atom is -0.338 e. The Morgan fingerprint density at radius 3 is 2.44 bits per heavy atom. The summed E-state index contributed by atoms with van der Waals surface area (Å²) in [4.78, 5) is 22.8. The van der Waals surface area contributed by atoms with Crippen molar-refractivity contribution >= 4 is 11.6 Å². The smallest absolute Gasteiger partial charge is 0.305 e. The lowest BCUT2D eigenvalue weighted by atomic mass is 10.1. The first-order valence-electron chi connectivity index (χ1n) is 5.44. The van der Waals surface area contributed by atoms with Gasteiger partial charge in [0.15, 0.2) is 0 Å². The fourth-order valence-corrected chi connectivity index (χ4v) is 1.96. The highest BCUT2D eigenvalue weighted by molar-refractivity contribution is 5.95. The summed E-state index contributed by atoms with van der Waals surface area (Å²) in [7, 11) is 0. The van der Waals surface area contributed by atoms with E-state index in [1.807, 2.05) is 0 Å². The lowest BCUT2D eigenvalue weighted by molar-refractivity contribution is -0.387. The highest BCUT2D eigenvalue weighted by Gasteiger charge is 2.30. The number of likely N-dealkylation sites (tertiary alicyclic amines) is 1. The summed E-state index contributed by atoms with van der Waals surface area (Å²) in [6.07, 6.45) is 1.54. The zero-order chi connectivity index (χ0) is 13.3. The second-order valence-electron chi connectivity index (χ2n) is 4.01. The Morgan fingerprint density at radius 2 is 1.89 bits per heavy atom. The maximum atomic E-state index is 13.8. The van der Waals surface area contributed by atoms with Gasteiger partial charge in [-0.3, -0.25) is 14.9 Å². The normalized spacial score (nSPS) is 14.9. The molecule has 1 aliphatic heterocycles. The van der Waals surface area contributed by atoms with E-state index in [0.717, 1.165) is 18.9 Å². The van der Waals surface area contributed by atoms with E-state index in [4.69, 9.17) is 0 Å². The van der Waals surface area contributed by atoms with Gasteiger partial charge in [0.25, 0.3) is 5.91 Å². The fraction of sp³-hybridized carbons (Fsp3) is 0.364. The van der Waals surface area contributed by atoms with Gasteiger partial charge in [-0.15, -0.1) is 0 Å². The van der Waals surface area contributed by atoms with Crippen LogP contribution < -0.4 is 0 Å². The molecular formula is C11H10F2N2O3. The van der Waals surface area contributed by atoms with Crippen molar-refractivity contribution in [1.29, 1.82) is 0 Å². The van der Waals surface area contributed by atoms with E-state index in [9.17, 15) is 23.7 Å². The van der Waals surface area contributed by atoms with Gasteiger partial charge in [-0.1, -0.05) is 0 Å². The zero-order valence-corrected chi connectivity index (χ0v) is 9.36. The van der Waals surface area contributed by atoms with Gasteiger partial charge < -0.3 is 4.90 Å². The van der Waals surface area contributed by atoms with Gasteiger partial charge >= 0.3 is 5.69 Å². The third-order valence-electron chi connectivity index (χ3n) is 2.87. The number of rotatable bonds is 2. The first-order valence-corrected chi connectivity index (χ1v) is 5.44. The quantitative estimate of drug-likeness (QED) is 0.601. The van der Waals surface area contributed by atoms with Crippen molar-refractivity contribution in [3.05, 3.63) is 39.4 Å². The van der Waals surface area contributed by atoms with E-state index in [1.54, 1.807) is 0 Å². The van der Waals surface area contributed by atoms with E-state index in [1.165, 1.54) is 4.90 Å². The second-order valence-corrected chi connectivity index (χ2v) is 4.01. The third-order valence-corrected chi connectivity index (χ3v) is 2.87. The number of halogens is 2. The largest absolute Gasteiger partial charge is 0.338 e. The van der Waals surface area contributed by atoms with Gasteiger partial charge in [-0.05, 0) is 18.9 Å². The molecule has 96 valence electrons. The number of nitro benzene ring substituents is 1. The molecule has 1 aromatic carbocycles. The Kier molecular flexibility index (Phi) is 3.22. The second kappa shape index (κ2) is 4.67. The molecule has 0 bridgehead atoms. The number of hydrogen-bond acceptors (Lipinski definition) is 3. The summed E-state index contributed by atoms with van der Waals surface area (Å²) in [6, 6.07) is 1.45. The molecular weight excluding hydrogens is 246 g/mol. The number of nitrogens with zero attached hydrogens (tertiary/aromatic N) is 2. The lowest BCUT2D eigenvalue weighted by Crippen LogP contribution is -2.29. The standard InChI is InChI=1S/C11H10F2N2O3/c12-7-3-4-8(15(17)18)10(13)9(7)11(16)14-5-1-2-6-14/h3-4H,1-2,5-6H2. The van der Waals surface area contributed by atoms with Gasteiger partial charge in [0.2, 0.25) is 5.82 Å². The van der Waals surface area contributed by atoms with Gasteiger partial charge in [0, 0.05) is 19.2 Å². The topological polar surface area (TPSA) is 63.4 Å². The molecule has 0 unspecified atom stereocenters. The predicted octanol–water partition coefficient (Wildman–Crippen LogP) is 2.11. The molecule has 1 saturated heterocycles. The Bertz CT molecular complexity index is 513. The number of carbonyl (C=O) groups is 1. The average molecular weight is 256 g/mol. The minimum absolute atomic E-state index is 0.417. The van der Waals surface area contributed by atoms with Crippen molar-refractivity contribution in [2.45, 2.75) is 12.8 Å². The highest BCUT2D eigenvalue weighted by Crippen LogP contribution is 2.25. The van der Waals surface area contributed by atoms with Crippen LogP contribution in [0, 0.1) is 21.7 Å². The van der Waals surface area contributed by atoms with Crippen molar-refractivity contribution in [2.24, 2.45) is 0 Å². The van der Waals surface area contributed by atoms with Crippen LogP contribution in [0.15, 0.2) is 12.1 Å². The van der Waals surface area contributed by atoms with Gasteiger partial charge in [0.1, 0.15) is 11.4 Å². The Labute approximate surface area is 101 Å². The lowest BCUT2D eigenvalue weighted by Gasteiger charge is -2.15. The number of amides is 1. The van der Waals surface area contributed by atoms with Crippen molar-refractivity contribution in [3.8, 4) is 0 Å². The highest BCUT2D eigenvalue weighted by atomic mass is 19.1. The Morgan fingerprint density at radius 1 is 1.28 bits per heavy atom. The van der Waals surface area contributed by atoms with E-state index in [0.29, 0.717) is 19.2 Å². The molecule has 1 amide bonds. The molecule has 1 fully saturated rings. The number of benzene rings is 1. The van der Waals surface area contributed by atoms with Crippen molar-refractivity contribution in [1.82, 2.24) is 4.90 Å². The van der Waals surface area contributed by atoms with Crippen LogP contribution in [-0.2, 0) is 0 Å². The number of hydrogen-bond donors (Lipinski definition) is 0. The molecule has 5 nitrogen and oxygen atoms in total. The fourth-order valence-electron chi connectivity index (χ4n) is 1.96. The van der Waals surface area contributed by atoms with Crippen molar-refractivity contribution < 1.29 is 18.5 Å². The molecule has 0 N–H and O–H groups in total. The van der Waals surface area contributed by atoms with Crippen LogP contribution in [0.2, 0.25) is 0 Å². The SMILES string of the molecule is O=C(c1c(F)ccc([N+](=O)[O-])c1F)N1CCCC1. The van der Waals surface area contributed by atoms with Crippen LogP contribution in [0.3, 0.4) is 0 Å². The first-order chi connectivity index (χ1) is 8.52. The molecule has 0 aromatic heterocycles. The molecule has 0 radical (unpaired) electrons. The number of nitro groups is 1. The summed E-state index contributed by atoms with van der Waals surface area (Å²) in [6.45, 7) is 0.834. The molecule has 7 heteroatoms. The van der Waals surface area contributed by atoms with E-state index >= 15 is 0 Å². The number of carbonyl (C=O) groups excluding carboxylic acids is 1. The van der Waals surface area contributed by atoms with Crippen LogP contribution in [0.4, 0.5) is 14.5 Å². The van der Waals surface area contributed by atoms with Crippen molar-refractivity contribution in [2.75, 3.05) is 13.1 Å². The molecule has 0 atom stereocenters. The predicted molar refractivity (Wildman–Crippen MR) is 58.1 cm³/mol. The summed E-state index contributed by atoms with van der Waals surface area (Å²) in [5.41, 5.74) is -1.73. The van der Waals surface area contributed by atoms with Crippen LogP contribution in [0.5, 0.6) is 0 Å². The van der Waals surface area contributed by atoms with E-state index < -0.39 is 33.7 Å². The molecule has 0 aliphatic carbocycles. The maximum Gasteiger partial charge on any atom is 0.305 e. The molecule has 0 spiro atoms. The van der Waals surface area contributed by atoms with Gasteiger partial charge in [0.05, 0.1) is 4.92 Å². The summed E-state index contributed by atoms with van der Waals surface area (Å²) in [5, 5.41) is 10.5. The van der Waals surface area contributed by atoms with Crippen LogP contribution in [0.1, 0.15) is 23.2 Å². The summed E-state index contributed by atoms with van der Waals surface area (Å²) < 4.78 is 27.2. The zero-order valence-electron chi connectivity index (χ0n) is 9.36. The van der Waals surface area contributed by atoms with Gasteiger partial charge in [-0.25, -0.2) is 4.39 Å². The molecule has 1 aliphatic rings. The summed E-state index contributed by atoms with van der Waals surface area (Å²) in [5.74, 6) is -3.31. The minimum atomic E-state index is -1.41. The van der Waals surface area contributed by atoms with Crippen LogP contribution in [0.25, 0.3) is 0 Å². The Balaban J connectivity index is 2.45. The summed E-state index contributed by atoms with van der Waals surface area (Å²) >= 11 is 0. The molecule has 2 rings (SSSR count). The van der Waals surface area contributed by atoms with E-state index in [-0.39, 0.29) is 0 Å². The average Bonchev–Trinajstić information content (AvgIpc) is 2.81. The first kappa shape index (κ1) is 12.4. The van der Waals surface area contributed by atoms with Crippen molar-refractivity contribution in [3.63, 3.8) is 0 Å². The monoisotopic (exact) mass is 256 g/mol. The van der Waals surface area contributed by atoms with E-state index in [2.05, 4.69) is 0 Å². The molecule has 1 heterocycles. The molecule has 0 saturated carbocycles. The Hall–Kier alpha value is -2.05. The molecule has 18 heavy (non-hydrogen) atoms. The van der Waals surface area contributed by atoms with Crippen LogP contribution in [-0.4, -0.2) is 28.8 Å². The maximum absolute atomic E-state index is 13.8. The molecule has 1 aromatic rings. The van der Waals surface area contributed by atoms with Gasteiger partial charge in [-0.2, -0.15) is 4.39 Å². The van der Waals surface area contributed by atoms with Crippen LogP contribution >= 0.6 is 0 Å². The third kappa shape index (κ3) is 2.03.